The second-order valence-corrected chi connectivity index (χ2v) is 6.81. The van der Waals surface area contributed by atoms with Gasteiger partial charge in [0.15, 0.2) is 0 Å². The maximum atomic E-state index is 12.8. The van der Waals surface area contributed by atoms with Crippen LogP contribution in [-0.4, -0.2) is 27.1 Å². The van der Waals surface area contributed by atoms with Crippen LogP contribution in [0.3, 0.4) is 0 Å². The minimum atomic E-state index is -0.219. The predicted octanol–water partition coefficient (Wildman–Crippen LogP) is 2.94. The van der Waals surface area contributed by atoms with Crippen LogP contribution in [0.25, 0.3) is 22.0 Å². The van der Waals surface area contributed by atoms with Crippen LogP contribution in [0.2, 0.25) is 0 Å². The molecule has 6 nitrogen and oxygen atoms in total. The van der Waals surface area contributed by atoms with Gasteiger partial charge in [0.2, 0.25) is 0 Å². The van der Waals surface area contributed by atoms with Crippen LogP contribution >= 0.6 is 0 Å². The summed E-state index contributed by atoms with van der Waals surface area (Å²) in [6.07, 6.45) is 1.83. The van der Waals surface area contributed by atoms with Crippen molar-refractivity contribution in [1.82, 2.24) is 14.7 Å². The number of hydrogen-bond donors (Lipinski definition) is 1. The monoisotopic (exact) mass is 345 g/mol. The number of amides is 1. The summed E-state index contributed by atoms with van der Waals surface area (Å²) in [6, 6.07) is 12.1. The van der Waals surface area contributed by atoms with Crippen molar-refractivity contribution in [2.24, 2.45) is 13.0 Å². The van der Waals surface area contributed by atoms with Crippen LogP contribution < -0.4 is 5.73 Å². The van der Waals surface area contributed by atoms with Crippen molar-refractivity contribution in [3.8, 4) is 17.2 Å². The summed E-state index contributed by atoms with van der Waals surface area (Å²) in [7, 11) is 1.91. The highest BCUT2D eigenvalue weighted by atomic mass is 16.2. The molecule has 0 spiro atoms. The fourth-order valence-electron chi connectivity index (χ4n) is 3.60. The number of nitriles is 1. The summed E-state index contributed by atoms with van der Waals surface area (Å²) in [5.41, 5.74) is 11.2. The van der Waals surface area contributed by atoms with E-state index in [4.69, 9.17) is 11.0 Å². The lowest BCUT2D eigenvalue weighted by Crippen LogP contribution is -2.28. The Hall–Kier alpha value is -3.33. The van der Waals surface area contributed by atoms with E-state index in [1.165, 1.54) is 0 Å². The average molecular weight is 345 g/mol. The van der Waals surface area contributed by atoms with E-state index in [-0.39, 0.29) is 11.8 Å². The van der Waals surface area contributed by atoms with Gasteiger partial charge in [0.1, 0.15) is 0 Å². The summed E-state index contributed by atoms with van der Waals surface area (Å²) in [5.74, 6) is -0.313. The van der Waals surface area contributed by atoms with Gasteiger partial charge < -0.3 is 10.6 Å². The first-order valence-electron chi connectivity index (χ1n) is 8.52. The van der Waals surface area contributed by atoms with Crippen molar-refractivity contribution in [3.05, 3.63) is 47.7 Å². The zero-order valence-corrected chi connectivity index (χ0v) is 14.7. The minimum absolute atomic E-state index is 0.0944. The normalized spacial score (nSPS) is 14.5. The summed E-state index contributed by atoms with van der Waals surface area (Å²) in [5, 5.41) is 14.4. The molecule has 6 heteroatoms. The topological polar surface area (TPSA) is 87.9 Å². The summed E-state index contributed by atoms with van der Waals surface area (Å²) >= 11 is 0. The molecule has 2 heterocycles. The largest absolute Gasteiger partial charge is 0.398 e. The summed E-state index contributed by atoms with van der Waals surface area (Å²) in [6.45, 7) is 2.70. The Balaban J connectivity index is 1.82. The van der Waals surface area contributed by atoms with Gasteiger partial charge >= 0.3 is 0 Å². The molecule has 0 bridgehead atoms. The number of aromatic nitrogens is 2. The number of carbonyl (C=O) groups is 1. The molecule has 1 unspecified atom stereocenters. The maximum absolute atomic E-state index is 12.8. The molecule has 1 atom stereocenters. The summed E-state index contributed by atoms with van der Waals surface area (Å²) < 4.78 is 1.84. The second kappa shape index (κ2) is 5.88. The fourth-order valence-corrected chi connectivity index (χ4v) is 3.60. The maximum Gasteiger partial charge on any atom is 0.256 e. The van der Waals surface area contributed by atoms with E-state index in [0.29, 0.717) is 24.3 Å². The van der Waals surface area contributed by atoms with Gasteiger partial charge in [0, 0.05) is 31.2 Å². The Labute approximate surface area is 151 Å². The van der Waals surface area contributed by atoms with Gasteiger partial charge in [-0.25, -0.2) is 0 Å². The minimum Gasteiger partial charge on any atom is -0.398 e. The van der Waals surface area contributed by atoms with Crippen LogP contribution in [0.15, 0.2) is 36.5 Å². The van der Waals surface area contributed by atoms with Crippen LogP contribution in [0.1, 0.15) is 22.8 Å². The number of benzene rings is 2. The lowest BCUT2D eigenvalue weighted by atomic mass is 9.95. The molecule has 0 aliphatic carbocycles. The van der Waals surface area contributed by atoms with Crippen molar-refractivity contribution in [2.75, 3.05) is 12.3 Å². The van der Waals surface area contributed by atoms with Gasteiger partial charge in [0.05, 0.1) is 29.3 Å². The molecule has 2 aromatic carbocycles. The first kappa shape index (κ1) is 16.2. The molecule has 0 fully saturated rings. The van der Waals surface area contributed by atoms with E-state index < -0.39 is 0 Å². The van der Waals surface area contributed by atoms with Crippen LogP contribution in [-0.2, 0) is 13.6 Å². The molecule has 1 amide bonds. The number of nitrogens with two attached hydrogens (primary N) is 1. The highest BCUT2D eigenvalue weighted by Crippen LogP contribution is 2.37. The molecule has 3 aromatic rings. The van der Waals surface area contributed by atoms with Gasteiger partial charge in [-0.15, -0.1) is 0 Å². The van der Waals surface area contributed by atoms with E-state index in [2.05, 4.69) is 17.2 Å². The molecule has 0 saturated heterocycles. The van der Waals surface area contributed by atoms with Gasteiger partial charge in [-0.3, -0.25) is 9.48 Å². The Bertz CT molecular complexity index is 1080. The smallest absolute Gasteiger partial charge is 0.256 e. The van der Waals surface area contributed by atoms with Crippen molar-refractivity contribution < 1.29 is 4.79 Å². The standard InChI is InChI=1S/C20H19N5O/c1-12(8-21)10-25-11-16-15(5-6-17(22)19(16)20(25)26)13-3-4-14-9-23-24(2)18(14)7-13/h3-7,9,12H,10-11,22H2,1-2H3. The van der Waals surface area contributed by atoms with Gasteiger partial charge in [-0.2, -0.15) is 10.4 Å². The van der Waals surface area contributed by atoms with Crippen molar-refractivity contribution >= 4 is 22.5 Å². The Morgan fingerprint density at radius 3 is 2.92 bits per heavy atom. The van der Waals surface area contributed by atoms with Crippen LogP contribution in [0, 0.1) is 17.2 Å². The highest BCUT2D eigenvalue weighted by molar-refractivity contribution is 6.05. The number of rotatable bonds is 3. The predicted molar refractivity (Wildman–Crippen MR) is 100 cm³/mol. The number of nitrogen functional groups attached to an aromatic ring is 1. The molecule has 2 N–H and O–H groups in total. The van der Waals surface area contributed by atoms with Crippen LogP contribution in [0.5, 0.6) is 0 Å². The zero-order chi connectivity index (χ0) is 18.4. The SMILES string of the molecule is CC(C#N)CN1Cc2c(-c3ccc4cnn(C)c4c3)ccc(N)c2C1=O. The molecule has 26 heavy (non-hydrogen) atoms. The number of carbonyl (C=O) groups excluding carboxylic acids is 1. The summed E-state index contributed by atoms with van der Waals surface area (Å²) in [4.78, 5) is 14.5. The molecular weight excluding hydrogens is 326 g/mol. The molecular formula is C20H19N5O. The lowest BCUT2D eigenvalue weighted by Gasteiger charge is -2.16. The first-order valence-corrected chi connectivity index (χ1v) is 8.52. The molecule has 0 saturated carbocycles. The van der Waals surface area contributed by atoms with E-state index in [0.717, 1.165) is 27.6 Å². The molecule has 1 aromatic heterocycles. The Kier molecular flexibility index (Phi) is 3.66. The van der Waals surface area contributed by atoms with Crippen LogP contribution in [0.4, 0.5) is 5.69 Å². The number of nitrogens with zero attached hydrogens (tertiary/aromatic N) is 4. The molecule has 130 valence electrons. The third-order valence-electron chi connectivity index (χ3n) is 4.97. The number of hydrogen-bond acceptors (Lipinski definition) is 4. The first-order chi connectivity index (χ1) is 12.5. The number of fused-ring (bicyclic) bond motifs is 2. The lowest BCUT2D eigenvalue weighted by molar-refractivity contribution is 0.0767. The van der Waals surface area contributed by atoms with Gasteiger partial charge in [0.25, 0.3) is 5.91 Å². The van der Waals surface area contributed by atoms with Crippen molar-refractivity contribution in [3.63, 3.8) is 0 Å². The van der Waals surface area contributed by atoms with Gasteiger partial charge in [-0.1, -0.05) is 18.2 Å². The third kappa shape index (κ3) is 2.40. The van der Waals surface area contributed by atoms with Crippen molar-refractivity contribution in [1.29, 1.82) is 5.26 Å². The van der Waals surface area contributed by atoms with E-state index in [9.17, 15) is 4.79 Å². The fraction of sp³-hybridized carbons (Fsp3) is 0.250. The average Bonchev–Trinajstić information content (AvgIpc) is 3.16. The molecule has 0 radical (unpaired) electrons. The van der Waals surface area contributed by atoms with E-state index >= 15 is 0 Å². The highest BCUT2D eigenvalue weighted by Gasteiger charge is 2.32. The van der Waals surface area contributed by atoms with E-state index in [1.54, 1.807) is 11.0 Å². The zero-order valence-electron chi connectivity index (χ0n) is 14.7. The second-order valence-electron chi connectivity index (χ2n) is 6.81. The van der Waals surface area contributed by atoms with Crippen molar-refractivity contribution in [2.45, 2.75) is 13.5 Å². The van der Waals surface area contributed by atoms with Gasteiger partial charge in [-0.05, 0) is 35.7 Å². The van der Waals surface area contributed by atoms with E-state index in [1.807, 2.05) is 43.0 Å². The Morgan fingerprint density at radius 1 is 1.35 bits per heavy atom. The quantitative estimate of drug-likeness (QED) is 0.739. The number of anilines is 1. The molecule has 1 aliphatic rings. The molecule has 4 rings (SSSR count). The third-order valence-corrected chi connectivity index (χ3v) is 4.97. The Morgan fingerprint density at radius 2 is 2.15 bits per heavy atom. The number of aryl methyl sites for hydroxylation is 1. The molecule has 1 aliphatic heterocycles.